The zero-order valence-electron chi connectivity index (χ0n) is 17.8. The molecule has 0 spiro atoms. The van der Waals surface area contributed by atoms with Gasteiger partial charge in [-0.15, -0.1) is 0 Å². The summed E-state index contributed by atoms with van der Waals surface area (Å²) in [6, 6.07) is 15.8. The number of halogens is 2. The van der Waals surface area contributed by atoms with Gasteiger partial charge in [0, 0.05) is 25.7 Å². The molecule has 0 atom stereocenters. The lowest BCUT2D eigenvalue weighted by atomic mass is 9.75. The van der Waals surface area contributed by atoms with E-state index in [0.717, 1.165) is 38.8 Å². The summed E-state index contributed by atoms with van der Waals surface area (Å²) in [6.45, 7) is 2.41. The summed E-state index contributed by atoms with van der Waals surface area (Å²) in [5.41, 5.74) is -0.109. The summed E-state index contributed by atoms with van der Waals surface area (Å²) in [5.74, 6) is 1.15. The standard InChI is InChI=1S/C25H31Cl2NO3/c26-22-7-6-21(16-23(22)27)31-18-25(30)12-14-28(15-13-25)17-24(29)10-8-20(9-11-24)19-4-2-1-3-5-19/h1-7,16,20,29-30H,8-15,17-18H2. The molecule has 0 amide bonds. The zero-order chi connectivity index (χ0) is 21.9. The highest BCUT2D eigenvalue weighted by atomic mass is 35.5. The minimum atomic E-state index is -0.865. The number of nitrogens with zero attached hydrogens (tertiary/aromatic N) is 1. The second-order valence-corrected chi connectivity index (χ2v) is 10.1. The smallest absolute Gasteiger partial charge is 0.121 e. The van der Waals surface area contributed by atoms with E-state index in [9.17, 15) is 10.2 Å². The number of benzene rings is 2. The van der Waals surface area contributed by atoms with Gasteiger partial charge >= 0.3 is 0 Å². The molecule has 2 fully saturated rings. The fraction of sp³-hybridized carbons (Fsp3) is 0.520. The van der Waals surface area contributed by atoms with Crippen LogP contribution in [0.15, 0.2) is 48.5 Å². The molecule has 168 valence electrons. The summed E-state index contributed by atoms with van der Waals surface area (Å²) in [5, 5.41) is 23.0. The van der Waals surface area contributed by atoms with Gasteiger partial charge in [-0.1, -0.05) is 53.5 Å². The second kappa shape index (κ2) is 9.68. The van der Waals surface area contributed by atoms with Crippen molar-refractivity contribution in [3.8, 4) is 5.75 Å². The van der Waals surface area contributed by atoms with Crippen LogP contribution in [0, 0.1) is 0 Å². The molecule has 2 aromatic carbocycles. The molecule has 4 nitrogen and oxygen atoms in total. The molecule has 1 saturated heterocycles. The lowest BCUT2D eigenvalue weighted by Gasteiger charge is -2.43. The van der Waals surface area contributed by atoms with Crippen LogP contribution in [-0.2, 0) is 0 Å². The summed E-state index contributed by atoms with van der Waals surface area (Å²) >= 11 is 12.0. The van der Waals surface area contributed by atoms with Gasteiger partial charge in [0.15, 0.2) is 0 Å². The normalized spacial score (nSPS) is 26.5. The van der Waals surface area contributed by atoms with Gasteiger partial charge < -0.3 is 19.8 Å². The van der Waals surface area contributed by atoms with Crippen LogP contribution in [0.2, 0.25) is 10.0 Å². The predicted molar refractivity (Wildman–Crippen MR) is 125 cm³/mol. The van der Waals surface area contributed by atoms with Crippen molar-refractivity contribution in [1.29, 1.82) is 0 Å². The topological polar surface area (TPSA) is 52.9 Å². The van der Waals surface area contributed by atoms with Gasteiger partial charge in [0.1, 0.15) is 18.0 Å². The fourth-order valence-corrected chi connectivity index (χ4v) is 5.13. The summed E-state index contributed by atoms with van der Waals surface area (Å²) < 4.78 is 5.78. The minimum Gasteiger partial charge on any atom is -0.491 e. The molecule has 0 bridgehead atoms. The van der Waals surface area contributed by atoms with Crippen LogP contribution in [0.4, 0.5) is 0 Å². The number of piperidine rings is 1. The third-order valence-corrected chi connectivity index (χ3v) is 7.63. The monoisotopic (exact) mass is 463 g/mol. The van der Waals surface area contributed by atoms with Crippen LogP contribution in [0.5, 0.6) is 5.75 Å². The third kappa shape index (κ3) is 5.94. The lowest BCUT2D eigenvalue weighted by molar-refractivity contribution is -0.0786. The number of hydrogen-bond acceptors (Lipinski definition) is 4. The van der Waals surface area contributed by atoms with E-state index in [1.54, 1.807) is 18.2 Å². The Labute approximate surface area is 194 Å². The first kappa shape index (κ1) is 22.9. The molecule has 0 radical (unpaired) electrons. The number of likely N-dealkylation sites (tertiary alicyclic amines) is 1. The van der Waals surface area contributed by atoms with Crippen molar-refractivity contribution in [2.75, 3.05) is 26.2 Å². The van der Waals surface area contributed by atoms with Crippen LogP contribution in [0.25, 0.3) is 0 Å². The molecule has 6 heteroatoms. The molecule has 1 aliphatic carbocycles. The van der Waals surface area contributed by atoms with Crippen LogP contribution < -0.4 is 4.74 Å². The average molecular weight is 464 g/mol. The Morgan fingerprint density at radius 2 is 1.55 bits per heavy atom. The van der Waals surface area contributed by atoms with Gasteiger partial charge in [0.2, 0.25) is 0 Å². The van der Waals surface area contributed by atoms with E-state index in [-0.39, 0.29) is 6.61 Å². The Morgan fingerprint density at radius 3 is 2.19 bits per heavy atom. The van der Waals surface area contributed by atoms with Crippen molar-refractivity contribution >= 4 is 23.2 Å². The highest BCUT2D eigenvalue weighted by Crippen LogP contribution is 2.39. The number of β-amino-alcohol motifs (C(OH)–C–C–N with tert-alkyl or cyclic N) is 1. The first-order valence-corrected chi connectivity index (χ1v) is 11.9. The second-order valence-electron chi connectivity index (χ2n) is 9.27. The summed E-state index contributed by atoms with van der Waals surface area (Å²) in [6.07, 6.45) is 4.95. The maximum atomic E-state index is 11.2. The van der Waals surface area contributed by atoms with Crippen molar-refractivity contribution in [3.05, 3.63) is 64.1 Å². The van der Waals surface area contributed by atoms with Crippen LogP contribution in [0.3, 0.4) is 0 Å². The lowest BCUT2D eigenvalue weighted by Crippen LogP contribution is -2.52. The molecule has 0 aromatic heterocycles. The number of aliphatic hydroxyl groups is 2. The van der Waals surface area contributed by atoms with E-state index in [1.165, 1.54) is 5.56 Å². The zero-order valence-corrected chi connectivity index (χ0v) is 19.3. The highest BCUT2D eigenvalue weighted by molar-refractivity contribution is 6.42. The molecule has 4 rings (SSSR count). The van der Waals surface area contributed by atoms with Gasteiger partial charge in [-0.2, -0.15) is 0 Å². The molecule has 2 aliphatic rings. The molecular formula is C25H31Cl2NO3. The van der Waals surface area contributed by atoms with E-state index in [0.29, 0.717) is 41.1 Å². The van der Waals surface area contributed by atoms with E-state index < -0.39 is 11.2 Å². The first-order chi connectivity index (χ1) is 14.8. The largest absolute Gasteiger partial charge is 0.491 e. The van der Waals surface area contributed by atoms with Crippen molar-refractivity contribution in [1.82, 2.24) is 4.90 Å². The van der Waals surface area contributed by atoms with Gasteiger partial charge in [-0.05, 0) is 62.1 Å². The summed E-state index contributed by atoms with van der Waals surface area (Å²) in [4.78, 5) is 2.29. The average Bonchev–Trinajstić information content (AvgIpc) is 2.78. The van der Waals surface area contributed by atoms with Crippen LogP contribution in [0.1, 0.15) is 50.0 Å². The predicted octanol–water partition coefficient (Wildman–Crippen LogP) is 5.29. The minimum absolute atomic E-state index is 0.224. The van der Waals surface area contributed by atoms with Gasteiger partial charge in [-0.3, -0.25) is 0 Å². The van der Waals surface area contributed by atoms with Crippen molar-refractivity contribution in [3.63, 3.8) is 0 Å². The van der Waals surface area contributed by atoms with E-state index in [4.69, 9.17) is 27.9 Å². The maximum Gasteiger partial charge on any atom is 0.121 e. The number of ether oxygens (including phenoxy) is 1. The molecule has 2 aromatic rings. The Kier molecular flexibility index (Phi) is 7.14. The van der Waals surface area contributed by atoms with Crippen molar-refractivity contribution < 1.29 is 14.9 Å². The maximum absolute atomic E-state index is 11.2. The Bertz CT molecular complexity index is 860. The van der Waals surface area contributed by atoms with Gasteiger partial charge in [-0.25, -0.2) is 0 Å². The quantitative estimate of drug-likeness (QED) is 0.610. The first-order valence-electron chi connectivity index (χ1n) is 11.1. The third-order valence-electron chi connectivity index (χ3n) is 6.89. The van der Waals surface area contributed by atoms with E-state index in [2.05, 4.69) is 35.2 Å². The molecule has 0 unspecified atom stereocenters. The molecule has 31 heavy (non-hydrogen) atoms. The fourth-order valence-electron chi connectivity index (χ4n) is 4.84. The van der Waals surface area contributed by atoms with Crippen molar-refractivity contribution in [2.24, 2.45) is 0 Å². The van der Waals surface area contributed by atoms with Crippen LogP contribution >= 0.6 is 23.2 Å². The Balaban J connectivity index is 1.23. The summed E-state index contributed by atoms with van der Waals surface area (Å²) in [7, 11) is 0. The van der Waals surface area contributed by atoms with Crippen LogP contribution in [-0.4, -0.2) is 52.6 Å². The van der Waals surface area contributed by atoms with E-state index in [1.807, 2.05) is 0 Å². The van der Waals surface area contributed by atoms with Gasteiger partial charge in [0.05, 0.1) is 15.6 Å². The highest BCUT2D eigenvalue weighted by Gasteiger charge is 2.39. The van der Waals surface area contributed by atoms with E-state index >= 15 is 0 Å². The Morgan fingerprint density at radius 1 is 0.871 bits per heavy atom. The molecule has 2 N–H and O–H groups in total. The molecular weight excluding hydrogens is 433 g/mol. The molecule has 1 heterocycles. The SMILES string of the molecule is OC1(COc2ccc(Cl)c(Cl)c2)CCN(CC2(O)CCC(c3ccccc3)CC2)CC1. The molecule has 1 aliphatic heterocycles. The van der Waals surface area contributed by atoms with Gasteiger partial charge in [0.25, 0.3) is 0 Å². The van der Waals surface area contributed by atoms with Crippen molar-refractivity contribution in [2.45, 2.75) is 55.6 Å². The number of rotatable bonds is 6. The Hall–Kier alpha value is -1.30. The number of hydrogen-bond donors (Lipinski definition) is 2. The molecule has 1 saturated carbocycles.